The van der Waals surface area contributed by atoms with Crippen molar-refractivity contribution in [2.45, 2.75) is 6.42 Å². The third-order valence-electron chi connectivity index (χ3n) is 2.93. The summed E-state index contributed by atoms with van der Waals surface area (Å²) in [6, 6.07) is 10.6. The van der Waals surface area contributed by atoms with Crippen molar-refractivity contribution in [2.24, 2.45) is 0 Å². The van der Waals surface area contributed by atoms with E-state index in [4.69, 9.17) is 11.6 Å². The Bertz CT molecular complexity index is 356. The monoisotopic (exact) mass is 221 g/mol. The molecule has 15 heavy (non-hydrogen) atoms. The van der Waals surface area contributed by atoms with E-state index in [1.165, 1.54) is 16.7 Å². The molecule has 80 valence electrons. The first-order chi connectivity index (χ1) is 7.31. The number of hydrogen-bond donors (Lipinski definition) is 0. The van der Waals surface area contributed by atoms with E-state index in [0.29, 0.717) is 5.88 Å². The van der Waals surface area contributed by atoms with Gasteiger partial charge in [0.25, 0.3) is 0 Å². The molecule has 0 aromatic heterocycles. The highest BCUT2D eigenvalue weighted by Gasteiger charge is 2.16. The van der Waals surface area contributed by atoms with Crippen molar-refractivity contribution in [3.8, 4) is 0 Å². The van der Waals surface area contributed by atoms with E-state index >= 15 is 0 Å². The van der Waals surface area contributed by atoms with E-state index in [2.05, 4.69) is 42.3 Å². The summed E-state index contributed by atoms with van der Waals surface area (Å²) in [5.41, 5.74) is 4.14. The van der Waals surface area contributed by atoms with Gasteiger partial charge in [-0.05, 0) is 30.2 Å². The lowest BCUT2D eigenvalue weighted by Gasteiger charge is -2.27. The molecule has 0 radical (unpaired) electrons. The molecule has 1 heterocycles. The van der Waals surface area contributed by atoms with Crippen molar-refractivity contribution >= 4 is 17.2 Å². The quantitative estimate of drug-likeness (QED) is 0.694. The molecule has 0 atom stereocenters. The van der Waals surface area contributed by atoms with Gasteiger partial charge in [-0.3, -0.25) is 0 Å². The molecule has 0 amide bonds. The van der Waals surface area contributed by atoms with Crippen LogP contribution in [-0.2, 0) is 0 Å². The minimum absolute atomic E-state index is 0.665. The van der Waals surface area contributed by atoms with Crippen molar-refractivity contribution in [1.82, 2.24) is 4.90 Å². The minimum Gasteiger partial charge on any atom is -0.302 e. The molecule has 0 spiro atoms. The largest absolute Gasteiger partial charge is 0.302 e. The zero-order valence-corrected chi connectivity index (χ0v) is 9.80. The molecule has 0 N–H and O–H groups in total. The van der Waals surface area contributed by atoms with Gasteiger partial charge in [0.1, 0.15) is 0 Å². The fourth-order valence-corrected chi connectivity index (χ4v) is 2.31. The van der Waals surface area contributed by atoms with Crippen LogP contribution in [0.1, 0.15) is 12.0 Å². The number of hydrogen-bond acceptors (Lipinski definition) is 1. The highest BCUT2D eigenvalue weighted by molar-refractivity contribution is 6.20. The van der Waals surface area contributed by atoms with Crippen molar-refractivity contribution in [3.63, 3.8) is 0 Å². The van der Waals surface area contributed by atoms with E-state index in [-0.39, 0.29) is 0 Å². The van der Waals surface area contributed by atoms with E-state index in [1.54, 1.807) is 0 Å². The summed E-state index contributed by atoms with van der Waals surface area (Å²) in [7, 11) is 2.16. The molecule has 2 heteroatoms. The second-order valence-electron chi connectivity index (χ2n) is 4.07. The third kappa shape index (κ3) is 2.42. The Morgan fingerprint density at radius 1 is 1.27 bits per heavy atom. The smallest absolute Gasteiger partial charge is 0.0440 e. The average Bonchev–Trinajstić information content (AvgIpc) is 2.30. The van der Waals surface area contributed by atoms with Gasteiger partial charge in [0.2, 0.25) is 0 Å². The van der Waals surface area contributed by atoms with Crippen LogP contribution >= 0.6 is 11.6 Å². The van der Waals surface area contributed by atoms with Crippen molar-refractivity contribution in [1.29, 1.82) is 0 Å². The van der Waals surface area contributed by atoms with Crippen LogP contribution in [0.15, 0.2) is 35.9 Å². The molecule has 1 aromatic rings. The number of halogens is 1. The number of alkyl halides is 1. The average molecular weight is 222 g/mol. The van der Waals surface area contributed by atoms with Gasteiger partial charge < -0.3 is 4.90 Å². The first-order valence-electron chi connectivity index (χ1n) is 5.32. The van der Waals surface area contributed by atoms with Gasteiger partial charge >= 0.3 is 0 Å². The first kappa shape index (κ1) is 10.7. The summed E-state index contributed by atoms with van der Waals surface area (Å²) in [5.74, 6) is 0.665. The second kappa shape index (κ2) is 4.82. The standard InChI is InChI=1S/C13H16ClN/c1-15-8-7-12(9-14)13(10-15)11-5-3-2-4-6-11/h2-6H,7-10H2,1H3. The Morgan fingerprint density at radius 2 is 2.00 bits per heavy atom. The summed E-state index contributed by atoms with van der Waals surface area (Å²) in [4.78, 5) is 2.35. The Balaban J connectivity index is 2.35. The van der Waals surface area contributed by atoms with Crippen LogP contribution in [0.25, 0.3) is 5.57 Å². The zero-order valence-electron chi connectivity index (χ0n) is 9.04. The zero-order chi connectivity index (χ0) is 10.7. The lowest BCUT2D eigenvalue weighted by Crippen LogP contribution is -2.27. The number of rotatable bonds is 2. The topological polar surface area (TPSA) is 3.24 Å². The minimum atomic E-state index is 0.665. The van der Waals surface area contributed by atoms with Gasteiger partial charge in [-0.25, -0.2) is 0 Å². The Hall–Kier alpha value is -0.790. The molecule has 0 saturated carbocycles. The van der Waals surface area contributed by atoms with Gasteiger partial charge in [-0.1, -0.05) is 30.3 Å². The van der Waals surface area contributed by atoms with Crippen LogP contribution in [0.2, 0.25) is 0 Å². The van der Waals surface area contributed by atoms with Crippen molar-refractivity contribution < 1.29 is 0 Å². The van der Waals surface area contributed by atoms with Crippen LogP contribution in [0.5, 0.6) is 0 Å². The summed E-state index contributed by atoms with van der Waals surface area (Å²) in [6.45, 7) is 2.14. The van der Waals surface area contributed by atoms with E-state index < -0.39 is 0 Å². The Kier molecular flexibility index (Phi) is 3.45. The Morgan fingerprint density at radius 3 is 2.67 bits per heavy atom. The van der Waals surface area contributed by atoms with E-state index in [9.17, 15) is 0 Å². The van der Waals surface area contributed by atoms with E-state index in [0.717, 1.165) is 19.5 Å². The number of nitrogens with zero attached hydrogens (tertiary/aromatic N) is 1. The number of likely N-dealkylation sites (N-methyl/N-ethyl adjacent to an activating group) is 1. The van der Waals surface area contributed by atoms with Gasteiger partial charge in [-0.2, -0.15) is 0 Å². The summed E-state index contributed by atoms with van der Waals surface area (Å²) in [5, 5.41) is 0. The molecule has 1 aliphatic heterocycles. The first-order valence-corrected chi connectivity index (χ1v) is 5.85. The molecule has 0 aliphatic carbocycles. The lowest BCUT2D eigenvalue weighted by molar-refractivity contribution is 0.367. The molecule has 1 aromatic carbocycles. The van der Waals surface area contributed by atoms with Gasteiger partial charge in [0.15, 0.2) is 0 Å². The fourth-order valence-electron chi connectivity index (χ4n) is 2.02. The molecular formula is C13H16ClN. The molecule has 0 saturated heterocycles. The molecule has 1 nitrogen and oxygen atoms in total. The predicted molar refractivity (Wildman–Crippen MR) is 66.2 cm³/mol. The molecule has 1 aliphatic rings. The highest BCUT2D eigenvalue weighted by atomic mass is 35.5. The van der Waals surface area contributed by atoms with Gasteiger partial charge in [0.05, 0.1) is 0 Å². The summed E-state index contributed by atoms with van der Waals surface area (Å²) >= 11 is 6.00. The maximum atomic E-state index is 6.00. The molecule has 2 rings (SSSR count). The summed E-state index contributed by atoms with van der Waals surface area (Å²) in [6.07, 6.45) is 1.10. The highest BCUT2D eigenvalue weighted by Crippen LogP contribution is 2.26. The molecule has 0 fully saturated rings. The lowest BCUT2D eigenvalue weighted by atomic mass is 9.95. The normalized spacial score (nSPS) is 18.3. The van der Waals surface area contributed by atoms with Crippen LogP contribution in [0.3, 0.4) is 0 Å². The maximum Gasteiger partial charge on any atom is 0.0440 e. The van der Waals surface area contributed by atoms with Gasteiger partial charge in [0, 0.05) is 19.0 Å². The SMILES string of the molecule is CN1CCC(CCl)=C(c2ccccc2)C1. The molecule has 0 bridgehead atoms. The number of benzene rings is 1. The van der Waals surface area contributed by atoms with Crippen LogP contribution in [0, 0.1) is 0 Å². The van der Waals surface area contributed by atoms with Crippen molar-refractivity contribution in [3.05, 3.63) is 41.5 Å². The van der Waals surface area contributed by atoms with Crippen LogP contribution in [-0.4, -0.2) is 30.9 Å². The van der Waals surface area contributed by atoms with Crippen LogP contribution < -0.4 is 0 Å². The fraction of sp³-hybridized carbons (Fsp3) is 0.385. The van der Waals surface area contributed by atoms with Crippen molar-refractivity contribution in [2.75, 3.05) is 26.0 Å². The molecular weight excluding hydrogens is 206 g/mol. The third-order valence-corrected chi connectivity index (χ3v) is 3.26. The second-order valence-corrected chi connectivity index (χ2v) is 4.34. The summed E-state index contributed by atoms with van der Waals surface area (Å²) < 4.78 is 0. The maximum absolute atomic E-state index is 6.00. The van der Waals surface area contributed by atoms with Gasteiger partial charge in [-0.15, -0.1) is 11.6 Å². The molecule has 0 unspecified atom stereocenters. The van der Waals surface area contributed by atoms with Crippen LogP contribution in [0.4, 0.5) is 0 Å². The van der Waals surface area contributed by atoms with E-state index in [1.807, 2.05) is 0 Å². The predicted octanol–water partition coefficient (Wildman–Crippen LogP) is 3.01. The Labute approximate surface area is 96.4 Å².